The second-order valence-corrected chi connectivity index (χ2v) is 8.23. The summed E-state index contributed by atoms with van der Waals surface area (Å²) in [6.45, 7) is 7.31. The summed E-state index contributed by atoms with van der Waals surface area (Å²) < 4.78 is 2.33. The maximum Gasteiger partial charge on any atom is 0.170 e. The van der Waals surface area contributed by atoms with Gasteiger partial charge < -0.3 is 19.9 Å². The average Bonchev–Trinajstić information content (AvgIpc) is 3.23. The van der Waals surface area contributed by atoms with Crippen LogP contribution in [0.15, 0.2) is 54.7 Å². The summed E-state index contributed by atoms with van der Waals surface area (Å²) in [5, 5.41) is 13.6. The van der Waals surface area contributed by atoms with Gasteiger partial charge in [0, 0.05) is 36.4 Å². The molecule has 2 N–H and O–H groups in total. The van der Waals surface area contributed by atoms with Gasteiger partial charge in [0.25, 0.3) is 0 Å². The molecule has 0 spiro atoms. The first-order chi connectivity index (χ1) is 14.5. The number of pyridine rings is 1. The Labute approximate surface area is 183 Å². The normalized spacial score (nSPS) is 18.7. The largest absolute Gasteiger partial charge is 0.396 e. The molecule has 3 heterocycles. The van der Waals surface area contributed by atoms with E-state index in [1.807, 2.05) is 24.4 Å². The van der Waals surface area contributed by atoms with Crippen LogP contribution in [0.5, 0.6) is 0 Å². The smallest absolute Gasteiger partial charge is 0.170 e. The van der Waals surface area contributed by atoms with Gasteiger partial charge in [0.2, 0.25) is 0 Å². The van der Waals surface area contributed by atoms with Crippen LogP contribution >= 0.6 is 12.2 Å². The van der Waals surface area contributed by atoms with Gasteiger partial charge in [-0.3, -0.25) is 4.98 Å². The van der Waals surface area contributed by atoms with Crippen molar-refractivity contribution in [2.75, 3.05) is 13.2 Å². The molecular weight excluding hydrogens is 392 g/mol. The molecule has 0 saturated carbocycles. The highest BCUT2D eigenvalue weighted by Crippen LogP contribution is 2.41. The minimum atomic E-state index is -0.0387. The molecule has 0 bridgehead atoms. The van der Waals surface area contributed by atoms with Gasteiger partial charge in [-0.15, -0.1) is 0 Å². The van der Waals surface area contributed by atoms with Gasteiger partial charge in [-0.1, -0.05) is 24.3 Å². The van der Waals surface area contributed by atoms with Gasteiger partial charge in [0.15, 0.2) is 5.11 Å². The van der Waals surface area contributed by atoms with Crippen LogP contribution in [-0.4, -0.2) is 37.8 Å². The Hall–Kier alpha value is -2.70. The van der Waals surface area contributed by atoms with Gasteiger partial charge in [0.05, 0.1) is 17.8 Å². The van der Waals surface area contributed by atoms with Crippen LogP contribution in [-0.2, 0) is 0 Å². The third-order valence-electron chi connectivity index (χ3n) is 5.90. The zero-order chi connectivity index (χ0) is 21.3. The molecular formula is C24H28N4OS. The van der Waals surface area contributed by atoms with E-state index in [2.05, 4.69) is 70.9 Å². The number of aliphatic hydroxyl groups excluding tert-OH is 1. The summed E-state index contributed by atoms with van der Waals surface area (Å²) in [5.74, 6) is 0. The average molecular weight is 421 g/mol. The number of rotatable bonds is 6. The summed E-state index contributed by atoms with van der Waals surface area (Å²) >= 11 is 5.70. The van der Waals surface area contributed by atoms with Crippen molar-refractivity contribution >= 4 is 17.3 Å². The Balaban J connectivity index is 1.83. The number of benzene rings is 1. The van der Waals surface area contributed by atoms with Gasteiger partial charge in [-0.05, 0) is 74.8 Å². The molecule has 6 heteroatoms. The van der Waals surface area contributed by atoms with Crippen LogP contribution in [0.1, 0.15) is 46.7 Å². The number of thiocarbonyl (C=S) groups is 1. The SMILES string of the molecule is Cc1ccccc1-n1c(C)cc([C@@H]2[C@H](c3ccccn3)NC(=S)N2CCCO)c1C. The monoisotopic (exact) mass is 420 g/mol. The van der Waals surface area contributed by atoms with Crippen molar-refractivity contribution in [3.8, 4) is 5.69 Å². The lowest BCUT2D eigenvalue weighted by atomic mass is 9.96. The van der Waals surface area contributed by atoms with Crippen LogP contribution in [0.4, 0.5) is 0 Å². The van der Waals surface area contributed by atoms with E-state index in [9.17, 15) is 5.11 Å². The van der Waals surface area contributed by atoms with Crippen LogP contribution < -0.4 is 5.32 Å². The standard InChI is InChI=1S/C24H28N4OS/c1-16-9-4-5-11-21(16)28-17(2)15-19(18(28)3)23-22(20-10-6-7-12-25-20)26-24(30)27(23)13-8-14-29/h4-7,9-12,15,22-23,29H,8,13-14H2,1-3H3,(H,26,30)/t22-,23+/m0/s1. The maximum absolute atomic E-state index is 9.43. The lowest BCUT2D eigenvalue weighted by molar-refractivity contribution is 0.247. The lowest BCUT2D eigenvalue weighted by Crippen LogP contribution is -2.31. The van der Waals surface area contributed by atoms with Crippen LogP contribution in [0.3, 0.4) is 0 Å². The molecule has 0 amide bonds. The minimum Gasteiger partial charge on any atom is -0.396 e. The van der Waals surface area contributed by atoms with Crippen molar-refractivity contribution in [2.24, 2.45) is 0 Å². The highest BCUT2D eigenvalue weighted by Gasteiger charge is 2.41. The first-order valence-corrected chi connectivity index (χ1v) is 10.8. The topological polar surface area (TPSA) is 53.3 Å². The van der Waals surface area contributed by atoms with E-state index in [0.29, 0.717) is 18.1 Å². The molecule has 1 aliphatic rings. The Kier molecular flexibility index (Phi) is 5.88. The van der Waals surface area contributed by atoms with Crippen molar-refractivity contribution in [3.63, 3.8) is 0 Å². The Morgan fingerprint density at radius 2 is 1.87 bits per heavy atom. The maximum atomic E-state index is 9.43. The Morgan fingerprint density at radius 1 is 1.10 bits per heavy atom. The van der Waals surface area contributed by atoms with E-state index in [4.69, 9.17) is 12.2 Å². The molecule has 2 atom stereocenters. The summed E-state index contributed by atoms with van der Waals surface area (Å²) in [6.07, 6.45) is 2.49. The first kappa shape index (κ1) is 20.6. The molecule has 0 radical (unpaired) electrons. The summed E-state index contributed by atoms with van der Waals surface area (Å²) in [5.41, 5.74) is 7.03. The predicted molar refractivity (Wildman–Crippen MR) is 124 cm³/mol. The third-order valence-corrected chi connectivity index (χ3v) is 6.25. The first-order valence-electron chi connectivity index (χ1n) is 10.4. The fraction of sp³-hybridized carbons (Fsp3) is 0.333. The number of nitrogens with zero attached hydrogens (tertiary/aromatic N) is 3. The quantitative estimate of drug-likeness (QED) is 0.587. The number of hydrogen-bond donors (Lipinski definition) is 2. The van der Waals surface area contributed by atoms with Gasteiger partial charge in [-0.2, -0.15) is 0 Å². The van der Waals surface area contributed by atoms with E-state index >= 15 is 0 Å². The molecule has 2 aromatic heterocycles. The van der Waals surface area contributed by atoms with Gasteiger partial charge >= 0.3 is 0 Å². The van der Waals surface area contributed by atoms with E-state index in [1.54, 1.807) is 0 Å². The van der Waals surface area contributed by atoms with E-state index in [0.717, 1.165) is 5.69 Å². The van der Waals surface area contributed by atoms with Gasteiger partial charge in [-0.25, -0.2) is 0 Å². The molecule has 1 fully saturated rings. The highest BCUT2D eigenvalue weighted by molar-refractivity contribution is 7.80. The minimum absolute atomic E-state index is 0.0166. The molecule has 4 rings (SSSR count). The third kappa shape index (κ3) is 3.61. The van der Waals surface area contributed by atoms with E-state index in [-0.39, 0.29) is 18.7 Å². The summed E-state index contributed by atoms with van der Waals surface area (Å²) in [6, 6.07) is 16.7. The number of aliphatic hydroxyl groups is 1. The van der Waals surface area contributed by atoms with Crippen molar-refractivity contribution in [1.29, 1.82) is 0 Å². The number of hydrogen-bond acceptors (Lipinski definition) is 3. The molecule has 1 aliphatic heterocycles. The van der Waals surface area contributed by atoms with E-state index in [1.165, 1.54) is 28.2 Å². The predicted octanol–water partition coefficient (Wildman–Crippen LogP) is 4.15. The Morgan fingerprint density at radius 3 is 2.57 bits per heavy atom. The fourth-order valence-corrected chi connectivity index (χ4v) is 4.83. The number of para-hydroxylation sites is 1. The number of aromatic nitrogens is 2. The molecule has 0 aliphatic carbocycles. The number of nitrogens with one attached hydrogen (secondary N) is 1. The molecule has 30 heavy (non-hydrogen) atoms. The van der Waals surface area contributed by atoms with Crippen molar-refractivity contribution in [3.05, 3.63) is 82.9 Å². The van der Waals surface area contributed by atoms with Gasteiger partial charge in [0.1, 0.15) is 0 Å². The van der Waals surface area contributed by atoms with Crippen LogP contribution in [0.2, 0.25) is 0 Å². The number of aryl methyl sites for hydroxylation is 2. The second-order valence-electron chi connectivity index (χ2n) is 7.85. The summed E-state index contributed by atoms with van der Waals surface area (Å²) in [4.78, 5) is 6.82. The van der Waals surface area contributed by atoms with Crippen molar-refractivity contribution in [1.82, 2.24) is 19.8 Å². The molecule has 0 unspecified atom stereocenters. The van der Waals surface area contributed by atoms with Crippen LogP contribution in [0.25, 0.3) is 5.69 Å². The van der Waals surface area contributed by atoms with Crippen molar-refractivity contribution in [2.45, 2.75) is 39.3 Å². The summed E-state index contributed by atoms with van der Waals surface area (Å²) in [7, 11) is 0. The molecule has 5 nitrogen and oxygen atoms in total. The zero-order valence-electron chi connectivity index (χ0n) is 17.7. The molecule has 3 aromatic rings. The fourth-order valence-electron chi connectivity index (χ4n) is 4.50. The van der Waals surface area contributed by atoms with Crippen LogP contribution in [0, 0.1) is 20.8 Å². The zero-order valence-corrected chi connectivity index (χ0v) is 18.5. The molecule has 1 aromatic carbocycles. The Bertz CT molecular complexity index is 1050. The van der Waals surface area contributed by atoms with E-state index < -0.39 is 0 Å². The second kappa shape index (κ2) is 8.58. The lowest BCUT2D eigenvalue weighted by Gasteiger charge is -2.28. The van der Waals surface area contributed by atoms with Crippen molar-refractivity contribution < 1.29 is 5.11 Å². The molecule has 156 valence electrons. The highest BCUT2D eigenvalue weighted by atomic mass is 32.1. The molecule has 1 saturated heterocycles.